The summed E-state index contributed by atoms with van der Waals surface area (Å²) in [4.78, 5) is 11.7. The van der Waals surface area contributed by atoms with Crippen LogP contribution in [0.15, 0.2) is 36.4 Å². The first-order valence-electron chi connectivity index (χ1n) is 6.25. The van der Waals surface area contributed by atoms with Crippen molar-refractivity contribution in [2.24, 2.45) is 0 Å². The molecule has 0 spiro atoms. The second kappa shape index (κ2) is 5.67. The third-order valence-corrected chi connectivity index (χ3v) is 2.98. The van der Waals surface area contributed by atoms with Gasteiger partial charge in [0.2, 0.25) is 0 Å². The van der Waals surface area contributed by atoms with Gasteiger partial charge in [0, 0.05) is 12.8 Å². The Hall–Kier alpha value is -1.57. The first-order chi connectivity index (χ1) is 8.31. The molecule has 0 aliphatic carbocycles. The molecular weight excluding hydrogens is 212 g/mol. The maximum atomic E-state index is 11.7. The van der Waals surface area contributed by atoms with Crippen LogP contribution in [-0.2, 0) is 11.2 Å². The van der Waals surface area contributed by atoms with E-state index in [0.29, 0.717) is 0 Å². The minimum Gasteiger partial charge on any atom is -0.458 e. The van der Waals surface area contributed by atoms with Crippen LogP contribution in [0, 0.1) is 0 Å². The van der Waals surface area contributed by atoms with E-state index < -0.39 is 0 Å². The minimum atomic E-state index is -0.180. The number of fused-ring (bicyclic) bond motifs is 1. The van der Waals surface area contributed by atoms with Gasteiger partial charge in [0.1, 0.15) is 6.10 Å². The second-order valence-electron chi connectivity index (χ2n) is 4.38. The largest absolute Gasteiger partial charge is 0.458 e. The van der Waals surface area contributed by atoms with Gasteiger partial charge in [-0.05, 0) is 18.1 Å². The molecule has 0 fully saturated rings. The molecule has 2 heteroatoms. The number of benzene rings is 1. The summed E-state index contributed by atoms with van der Waals surface area (Å²) in [5.74, 6) is -0.180. The number of hydrogen-bond donors (Lipinski definition) is 0. The molecule has 90 valence electrons. The van der Waals surface area contributed by atoms with Crippen LogP contribution in [0.3, 0.4) is 0 Å². The first kappa shape index (κ1) is 11.9. The summed E-state index contributed by atoms with van der Waals surface area (Å²) >= 11 is 0. The molecule has 2 rings (SSSR count). The van der Waals surface area contributed by atoms with Crippen molar-refractivity contribution < 1.29 is 9.53 Å². The smallest absolute Gasteiger partial charge is 0.338 e. The molecule has 1 aromatic carbocycles. The van der Waals surface area contributed by atoms with Crippen LogP contribution in [0.25, 0.3) is 0 Å². The monoisotopic (exact) mass is 230 g/mol. The van der Waals surface area contributed by atoms with Gasteiger partial charge in [-0.25, -0.2) is 4.79 Å². The quantitative estimate of drug-likeness (QED) is 0.584. The van der Waals surface area contributed by atoms with Gasteiger partial charge < -0.3 is 4.74 Å². The van der Waals surface area contributed by atoms with Crippen molar-refractivity contribution in [2.75, 3.05) is 0 Å². The maximum absolute atomic E-state index is 11.7. The van der Waals surface area contributed by atoms with E-state index in [9.17, 15) is 4.79 Å². The van der Waals surface area contributed by atoms with Gasteiger partial charge in [-0.2, -0.15) is 0 Å². The standard InChI is InChI=1S/C15H18O2/c1-2-3-4-5-9-13-11-12-8-6-7-10-14(12)15(16)17-13/h4-8,10,13H,2-3,9,11H2,1H3/b5-4-/t13-/m1/s1. The van der Waals surface area contributed by atoms with Crippen molar-refractivity contribution in [3.05, 3.63) is 47.5 Å². The van der Waals surface area contributed by atoms with Gasteiger partial charge in [-0.1, -0.05) is 43.7 Å². The lowest BCUT2D eigenvalue weighted by molar-refractivity contribution is 0.0265. The highest BCUT2D eigenvalue weighted by Gasteiger charge is 2.24. The van der Waals surface area contributed by atoms with Gasteiger partial charge in [0.05, 0.1) is 5.56 Å². The number of unbranched alkanes of at least 4 members (excludes halogenated alkanes) is 1. The van der Waals surface area contributed by atoms with Crippen molar-refractivity contribution in [2.45, 2.75) is 38.7 Å². The highest BCUT2D eigenvalue weighted by atomic mass is 16.5. The van der Waals surface area contributed by atoms with E-state index in [-0.39, 0.29) is 12.1 Å². The van der Waals surface area contributed by atoms with Gasteiger partial charge in [0.25, 0.3) is 0 Å². The molecule has 1 heterocycles. The van der Waals surface area contributed by atoms with Crippen molar-refractivity contribution in [1.82, 2.24) is 0 Å². The Morgan fingerprint density at radius 3 is 3.00 bits per heavy atom. The van der Waals surface area contributed by atoms with Crippen molar-refractivity contribution >= 4 is 5.97 Å². The fourth-order valence-electron chi connectivity index (χ4n) is 2.06. The van der Waals surface area contributed by atoms with Gasteiger partial charge in [0.15, 0.2) is 0 Å². The molecule has 1 aliphatic heterocycles. The molecule has 2 nitrogen and oxygen atoms in total. The van der Waals surface area contributed by atoms with Gasteiger partial charge in [-0.15, -0.1) is 0 Å². The zero-order valence-electron chi connectivity index (χ0n) is 10.2. The molecule has 1 aliphatic rings. The SMILES string of the molecule is CCC/C=C\C[C@@H]1Cc2ccccc2C(=O)O1. The molecule has 0 bridgehead atoms. The Morgan fingerprint density at radius 2 is 2.18 bits per heavy atom. The van der Waals surface area contributed by atoms with Crippen LogP contribution in [0.2, 0.25) is 0 Å². The third-order valence-electron chi connectivity index (χ3n) is 2.98. The average molecular weight is 230 g/mol. The number of carbonyl (C=O) groups is 1. The number of hydrogen-bond acceptors (Lipinski definition) is 2. The highest BCUT2D eigenvalue weighted by Crippen LogP contribution is 2.22. The topological polar surface area (TPSA) is 26.3 Å². The normalized spacial score (nSPS) is 19.1. The molecular formula is C15H18O2. The van der Waals surface area contributed by atoms with E-state index in [0.717, 1.165) is 36.8 Å². The van der Waals surface area contributed by atoms with E-state index in [4.69, 9.17) is 4.74 Å². The Balaban J connectivity index is 1.99. The van der Waals surface area contributed by atoms with Crippen LogP contribution in [0.5, 0.6) is 0 Å². The predicted octanol–water partition coefficient (Wildman–Crippen LogP) is 3.51. The lowest BCUT2D eigenvalue weighted by atomic mass is 9.97. The molecule has 0 aromatic heterocycles. The minimum absolute atomic E-state index is 0.00510. The average Bonchev–Trinajstić information content (AvgIpc) is 2.35. The summed E-state index contributed by atoms with van der Waals surface area (Å²) in [5.41, 5.74) is 1.83. The molecule has 0 saturated heterocycles. The maximum Gasteiger partial charge on any atom is 0.338 e. The van der Waals surface area contributed by atoms with E-state index in [1.165, 1.54) is 0 Å². The summed E-state index contributed by atoms with van der Waals surface area (Å²) in [6.45, 7) is 2.15. The third kappa shape index (κ3) is 2.96. The fourth-order valence-corrected chi connectivity index (χ4v) is 2.06. The summed E-state index contributed by atoms with van der Waals surface area (Å²) in [5, 5.41) is 0. The molecule has 0 unspecified atom stereocenters. The van der Waals surface area contributed by atoms with Crippen molar-refractivity contribution in [3.8, 4) is 0 Å². The lowest BCUT2D eigenvalue weighted by Gasteiger charge is -2.23. The Labute approximate surface area is 102 Å². The number of ether oxygens (including phenoxy) is 1. The first-order valence-corrected chi connectivity index (χ1v) is 6.25. The molecule has 0 saturated carbocycles. The number of cyclic esters (lactones) is 1. The Kier molecular flexibility index (Phi) is 3.97. The van der Waals surface area contributed by atoms with Crippen molar-refractivity contribution in [3.63, 3.8) is 0 Å². The zero-order valence-corrected chi connectivity index (χ0v) is 10.2. The van der Waals surface area contributed by atoms with Crippen LogP contribution in [0.4, 0.5) is 0 Å². The van der Waals surface area contributed by atoms with Crippen LogP contribution in [0.1, 0.15) is 42.1 Å². The Morgan fingerprint density at radius 1 is 1.35 bits per heavy atom. The van der Waals surface area contributed by atoms with Gasteiger partial charge in [-0.3, -0.25) is 0 Å². The molecule has 17 heavy (non-hydrogen) atoms. The molecule has 1 aromatic rings. The summed E-state index contributed by atoms with van der Waals surface area (Å²) < 4.78 is 5.40. The molecule has 0 radical (unpaired) electrons. The molecule has 0 N–H and O–H groups in total. The lowest BCUT2D eigenvalue weighted by Crippen LogP contribution is -2.27. The predicted molar refractivity (Wildman–Crippen MR) is 68.0 cm³/mol. The van der Waals surface area contributed by atoms with Crippen LogP contribution < -0.4 is 0 Å². The van der Waals surface area contributed by atoms with Gasteiger partial charge >= 0.3 is 5.97 Å². The van der Waals surface area contributed by atoms with E-state index >= 15 is 0 Å². The molecule has 1 atom stereocenters. The summed E-state index contributed by atoms with van der Waals surface area (Å²) in [6, 6.07) is 7.70. The summed E-state index contributed by atoms with van der Waals surface area (Å²) in [7, 11) is 0. The Bertz CT molecular complexity index is 421. The van der Waals surface area contributed by atoms with Crippen LogP contribution in [-0.4, -0.2) is 12.1 Å². The van der Waals surface area contributed by atoms with E-state index in [2.05, 4.69) is 19.1 Å². The van der Waals surface area contributed by atoms with E-state index in [1.807, 2.05) is 24.3 Å². The number of allylic oxidation sites excluding steroid dienone is 1. The zero-order chi connectivity index (χ0) is 12.1. The highest BCUT2D eigenvalue weighted by molar-refractivity contribution is 5.92. The molecule has 0 amide bonds. The van der Waals surface area contributed by atoms with Crippen LogP contribution >= 0.6 is 0 Å². The second-order valence-corrected chi connectivity index (χ2v) is 4.38. The van der Waals surface area contributed by atoms with E-state index in [1.54, 1.807) is 0 Å². The number of rotatable bonds is 4. The van der Waals surface area contributed by atoms with Crippen molar-refractivity contribution in [1.29, 1.82) is 0 Å². The summed E-state index contributed by atoms with van der Waals surface area (Å²) in [6.07, 6.45) is 8.19. The fraction of sp³-hybridized carbons (Fsp3) is 0.400. The number of carbonyl (C=O) groups excluding carboxylic acids is 1. The number of esters is 1.